The second-order valence-electron chi connectivity index (χ2n) is 10.4. The van der Waals surface area contributed by atoms with Crippen molar-refractivity contribution in [1.29, 1.82) is 5.41 Å². The Kier molecular flexibility index (Phi) is 6.61. The standard InChI is InChI=1S/C25H31F2N5O4/c1-14(33)31-12-24(2,13-31)22(35)29-18-6-4-5-7-19(18)32-11-16-9-8-15(10-17(16)21(32)34)20(28)30-23(36)25(3,26)27/h8-10,18-19H,4-7,11-13H2,1-3H3,(H,29,35)(H2,28,30,36)/t18?,19-/m1/s1. The molecule has 0 bridgehead atoms. The highest BCUT2D eigenvalue weighted by Crippen LogP contribution is 2.34. The highest BCUT2D eigenvalue weighted by atomic mass is 19.3. The number of likely N-dealkylation sites (tertiary alicyclic amines) is 1. The molecule has 1 aliphatic carbocycles. The summed E-state index contributed by atoms with van der Waals surface area (Å²) in [5, 5.41) is 13.0. The Morgan fingerprint density at radius 2 is 1.83 bits per heavy atom. The molecule has 11 heteroatoms. The average Bonchev–Trinajstić information content (AvgIpc) is 3.12. The summed E-state index contributed by atoms with van der Waals surface area (Å²) in [6, 6.07) is 4.18. The molecule has 194 valence electrons. The summed E-state index contributed by atoms with van der Waals surface area (Å²) in [7, 11) is 0. The summed E-state index contributed by atoms with van der Waals surface area (Å²) in [6.07, 6.45) is 3.30. The second kappa shape index (κ2) is 9.25. The van der Waals surface area contributed by atoms with E-state index in [1.54, 1.807) is 15.9 Å². The van der Waals surface area contributed by atoms with Gasteiger partial charge >= 0.3 is 5.92 Å². The molecule has 4 amide bonds. The lowest BCUT2D eigenvalue weighted by Crippen LogP contribution is -2.65. The van der Waals surface area contributed by atoms with E-state index in [1.165, 1.54) is 19.1 Å². The first-order chi connectivity index (χ1) is 16.8. The number of nitrogens with zero attached hydrogens (tertiary/aromatic N) is 2. The maximum Gasteiger partial charge on any atom is 0.322 e. The van der Waals surface area contributed by atoms with Crippen molar-refractivity contribution in [2.24, 2.45) is 5.41 Å². The van der Waals surface area contributed by atoms with Gasteiger partial charge in [-0.2, -0.15) is 8.78 Å². The smallest absolute Gasteiger partial charge is 0.322 e. The van der Waals surface area contributed by atoms with Crippen LogP contribution in [0.25, 0.3) is 0 Å². The summed E-state index contributed by atoms with van der Waals surface area (Å²) >= 11 is 0. The SMILES string of the molecule is CC(=O)N1CC(C)(C(=O)NC2CCCC[C@H]2N2Cc3ccc(C(=N)NC(=O)C(C)(F)F)cc3C2=O)C1. The van der Waals surface area contributed by atoms with Crippen molar-refractivity contribution in [2.75, 3.05) is 13.1 Å². The monoisotopic (exact) mass is 503 g/mol. The van der Waals surface area contributed by atoms with Gasteiger partial charge in [-0.25, -0.2) is 0 Å². The minimum Gasteiger partial charge on any atom is -0.351 e. The number of carbonyl (C=O) groups is 4. The molecule has 1 unspecified atom stereocenters. The van der Waals surface area contributed by atoms with Gasteiger partial charge in [-0.3, -0.25) is 24.6 Å². The molecule has 2 fully saturated rings. The fraction of sp³-hybridized carbons (Fsp3) is 0.560. The Labute approximate surface area is 208 Å². The first kappa shape index (κ1) is 25.7. The summed E-state index contributed by atoms with van der Waals surface area (Å²) in [5.74, 6) is -6.17. The lowest BCUT2D eigenvalue weighted by Gasteiger charge is -2.47. The Morgan fingerprint density at radius 1 is 1.17 bits per heavy atom. The molecule has 2 heterocycles. The van der Waals surface area contributed by atoms with E-state index in [9.17, 15) is 28.0 Å². The summed E-state index contributed by atoms with van der Waals surface area (Å²) in [6.45, 7) is 4.84. The van der Waals surface area contributed by atoms with Crippen molar-refractivity contribution in [3.63, 3.8) is 0 Å². The van der Waals surface area contributed by atoms with Gasteiger partial charge in [-0.05, 0) is 31.4 Å². The molecular weight excluding hydrogens is 472 g/mol. The number of carbonyl (C=O) groups excluding carboxylic acids is 4. The lowest BCUT2D eigenvalue weighted by atomic mass is 9.79. The molecule has 0 aromatic heterocycles. The molecule has 3 N–H and O–H groups in total. The maximum atomic E-state index is 13.4. The van der Waals surface area contributed by atoms with Gasteiger partial charge in [0.2, 0.25) is 11.8 Å². The number of nitrogens with one attached hydrogen (secondary N) is 3. The Balaban J connectivity index is 1.46. The lowest BCUT2D eigenvalue weighted by molar-refractivity contribution is -0.151. The van der Waals surface area contributed by atoms with Crippen molar-refractivity contribution in [3.05, 3.63) is 34.9 Å². The van der Waals surface area contributed by atoms with Crippen molar-refractivity contribution < 1.29 is 28.0 Å². The van der Waals surface area contributed by atoms with Gasteiger partial charge in [0.15, 0.2) is 0 Å². The van der Waals surface area contributed by atoms with E-state index in [0.29, 0.717) is 32.1 Å². The van der Waals surface area contributed by atoms with E-state index in [0.717, 1.165) is 31.2 Å². The van der Waals surface area contributed by atoms with E-state index in [2.05, 4.69) is 5.32 Å². The normalized spacial score (nSPS) is 23.0. The minimum absolute atomic E-state index is 0.0633. The van der Waals surface area contributed by atoms with Crippen molar-refractivity contribution in [3.8, 4) is 0 Å². The van der Waals surface area contributed by atoms with Crippen LogP contribution >= 0.6 is 0 Å². The van der Waals surface area contributed by atoms with Crippen LogP contribution < -0.4 is 10.6 Å². The van der Waals surface area contributed by atoms with Crippen LogP contribution in [0.3, 0.4) is 0 Å². The number of fused-ring (bicyclic) bond motifs is 1. The molecule has 9 nitrogen and oxygen atoms in total. The zero-order chi connectivity index (χ0) is 26.4. The van der Waals surface area contributed by atoms with Gasteiger partial charge < -0.3 is 20.4 Å². The van der Waals surface area contributed by atoms with E-state index in [1.807, 2.05) is 12.2 Å². The Bertz CT molecular complexity index is 1130. The van der Waals surface area contributed by atoms with Gasteiger partial charge in [-0.1, -0.05) is 25.0 Å². The van der Waals surface area contributed by atoms with Crippen LogP contribution in [0.15, 0.2) is 18.2 Å². The molecule has 4 rings (SSSR count). The second-order valence-corrected chi connectivity index (χ2v) is 10.4. The van der Waals surface area contributed by atoms with Gasteiger partial charge in [0.1, 0.15) is 5.84 Å². The van der Waals surface area contributed by atoms with Gasteiger partial charge in [0, 0.05) is 50.7 Å². The van der Waals surface area contributed by atoms with Gasteiger partial charge in [0.25, 0.3) is 11.8 Å². The van der Waals surface area contributed by atoms with Crippen LogP contribution in [0, 0.1) is 10.8 Å². The zero-order valence-corrected chi connectivity index (χ0v) is 20.6. The first-order valence-electron chi connectivity index (χ1n) is 12.1. The van der Waals surface area contributed by atoms with Crippen molar-refractivity contribution >= 4 is 29.5 Å². The fourth-order valence-corrected chi connectivity index (χ4v) is 5.20. The van der Waals surface area contributed by atoms with Crippen LogP contribution in [-0.2, 0) is 20.9 Å². The van der Waals surface area contributed by atoms with Crippen molar-refractivity contribution in [1.82, 2.24) is 20.4 Å². The fourth-order valence-electron chi connectivity index (χ4n) is 5.20. The first-order valence-corrected chi connectivity index (χ1v) is 12.1. The van der Waals surface area contributed by atoms with Crippen LogP contribution in [0.5, 0.6) is 0 Å². The number of rotatable bonds is 5. The van der Waals surface area contributed by atoms with Crippen molar-refractivity contribution in [2.45, 2.75) is 71.0 Å². The molecule has 3 aliphatic rings. The summed E-state index contributed by atoms with van der Waals surface area (Å²) < 4.78 is 26.4. The predicted octanol–water partition coefficient (Wildman–Crippen LogP) is 2.03. The molecule has 1 aromatic carbocycles. The zero-order valence-electron chi connectivity index (χ0n) is 20.6. The van der Waals surface area contributed by atoms with Gasteiger partial charge in [0.05, 0.1) is 11.5 Å². The number of amides is 4. The molecular formula is C25H31F2N5O4. The number of hydrogen-bond donors (Lipinski definition) is 3. The maximum absolute atomic E-state index is 13.4. The largest absolute Gasteiger partial charge is 0.351 e. The Hall–Kier alpha value is -3.37. The Morgan fingerprint density at radius 3 is 2.47 bits per heavy atom. The number of amidine groups is 1. The van der Waals surface area contributed by atoms with Crippen LogP contribution in [0.4, 0.5) is 8.78 Å². The molecule has 2 atom stereocenters. The summed E-state index contributed by atoms with van der Waals surface area (Å²) in [5.41, 5.74) is 0.597. The predicted molar refractivity (Wildman–Crippen MR) is 126 cm³/mol. The number of benzene rings is 1. The molecule has 1 aromatic rings. The van der Waals surface area contributed by atoms with Gasteiger partial charge in [-0.15, -0.1) is 0 Å². The number of halogens is 2. The molecule has 36 heavy (non-hydrogen) atoms. The average molecular weight is 504 g/mol. The topological polar surface area (TPSA) is 123 Å². The van der Waals surface area contributed by atoms with Crippen LogP contribution in [0.2, 0.25) is 0 Å². The third-order valence-corrected chi connectivity index (χ3v) is 7.39. The molecule has 0 radical (unpaired) electrons. The number of alkyl halides is 2. The van der Waals surface area contributed by atoms with Crippen LogP contribution in [-0.4, -0.2) is 70.4 Å². The van der Waals surface area contributed by atoms with E-state index in [-0.39, 0.29) is 35.4 Å². The highest BCUT2D eigenvalue weighted by Gasteiger charge is 2.48. The number of hydrogen-bond acceptors (Lipinski definition) is 5. The molecule has 1 saturated heterocycles. The molecule has 1 saturated carbocycles. The minimum atomic E-state index is -3.63. The van der Waals surface area contributed by atoms with E-state index in [4.69, 9.17) is 5.41 Å². The van der Waals surface area contributed by atoms with Crippen LogP contribution in [0.1, 0.15) is 67.9 Å². The quantitative estimate of drug-likeness (QED) is 0.420. The third kappa shape index (κ3) is 4.83. The van der Waals surface area contributed by atoms with E-state index < -0.39 is 23.1 Å². The molecule has 0 spiro atoms. The molecule has 2 aliphatic heterocycles. The third-order valence-electron chi connectivity index (χ3n) is 7.39. The summed E-state index contributed by atoms with van der Waals surface area (Å²) in [4.78, 5) is 52.9. The highest BCUT2D eigenvalue weighted by molar-refractivity contribution is 6.09. The van der Waals surface area contributed by atoms with E-state index >= 15 is 0 Å².